The van der Waals surface area contributed by atoms with Crippen molar-refractivity contribution < 1.29 is 14.3 Å². The standard InChI is InChI=1S/C20H13Cl2NO3S/c1-2-9-23-19(24)18(27-20(23)25)10-13-5-3-4-6-17(13)26-12-14-7-8-15(21)11-16(14)22/h1,3-8,10-11H,9,12H2/b18-10-. The molecule has 2 aromatic carbocycles. The second kappa shape index (κ2) is 8.53. The molecule has 0 aliphatic carbocycles. The molecule has 0 bridgehead atoms. The number of hydrogen-bond donors (Lipinski definition) is 0. The van der Waals surface area contributed by atoms with Crippen molar-refractivity contribution in [3.05, 3.63) is 68.5 Å². The van der Waals surface area contributed by atoms with Gasteiger partial charge in [0.05, 0.1) is 11.4 Å². The van der Waals surface area contributed by atoms with Crippen molar-refractivity contribution in [3.63, 3.8) is 0 Å². The third-order valence-corrected chi connectivity index (χ3v) is 5.22. The fourth-order valence-electron chi connectivity index (χ4n) is 2.39. The summed E-state index contributed by atoms with van der Waals surface area (Å²) >= 11 is 12.9. The second-order valence-corrected chi connectivity index (χ2v) is 7.37. The Hall–Kier alpha value is -2.39. The lowest BCUT2D eigenvalue weighted by molar-refractivity contribution is -0.122. The van der Waals surface area contributed by atoms with Crippen LogP contribution in [0.4, 0.5) is 4.79 Å². The van der Waals surface area contributed by atoms with E-state index in [0.717, 1.165) is 22.2 Å². The highest BCUT2D eigenvalue weighted by molar-refractivity contribution is 8.18. The van der Waals surface area contributed by atoms with Crippen LogP contribution in [-0.4, -0.2) is 22.6 Å². The summed E-state index contributed by atoms with van der Waals surface area (Å²) in [6.45, 7) is 0.189. The highest BCUT2D eigenvalue weighted by Gasteiger charge is 2.34. The molecule has 7 heteroatoms. The fraction of sp³-hybridized carbons (Fsp3) is 0.100. The number of hydrogen-bond acceptors (Lipinski definition) is 4. The number of imide groups is 1. The number of rotatable bonds is 5. The summed E-state index contributed by atoms with van der Waals surface area (Å²) in [6, 6.07) is 12.4. The molecule has 1 fully saturated rings. The van der Waals surface area contributed by atoms with Crippen LogP contribution in [-0.2, 0) is 11.4 Å². The SMILES string of the molecule is C#CCN1C(=O)S/C(=C\c2ccccc2OCc2ccc(Cl)cc2Cl)C1=O. The summed E-state index contributed by atoms with van der Waals surface area (Å²) in [5, 5.41) is 0.678. The van der Waals surface area contributed by atoms with Crippen LogP contribution in [0.15, 0.2) is 47.4 Å². The molecule has 0 radical (unpaired) electrons. The summed E-state index contributed by atoms with van der Waals surface area (Å²) in [7, 11) is 0. The third-order valence-electron chi connectivity index (χ3n) is 3.73. The Morgan fingerprint density at radius 3 is 2.70 bits per heavy atom. The van der Waals surface area contributed by atoms with Crippen molar-refractivity contribution in [2.24, 2.45) is 0 Å². The molecule has 2 amide bonds. The van der Waals surface area contributed by atoms with Crippen molar-refractivity contribution in [3.8, 4) is 18.1 Å². The van der Waals surface area contributed by atoms with E-state index in [1.807, 2.05) is 12.1 Å². The van der Waals surface area contributed by atoms with Gasteiger partial charge in [-0.1, -0.05) is 53.4 Å². The maximum atomic E-state index is 12.3. The predicted molar refractivity (Wildman–Crippen MR) is 109 cm³/mol. The summed E-state index contributed by atoms with van der Waals surface area (Å²) in [5.74, 6) is 2.47. The van der Waals surface area contributed by atoms with E-state index in [2.05, 4.69) is 5.92 Å². The van der Waals surface area contributed by atoms with Gasteiger partial charge in [0.15, 0.2) is 0 Å². The molecular formula is C20H13Cl2NO3S. The zero-order chi connectivity index (χ0) is 19.4. The van der Waals surface area contributed by atoms with E-state index >= 15 is 0 Å². The van der Waals surface area contributed by atoms with Crippen LogP contribution in [0.2, 0.25) is 10.0 Å². The van der Waals surface area contributed by atoms with Crippen LogP contribution in [0.3, 0.4) is 0 Å². The van der Waals surface area contributed by atoms with Gasteiger partial charge in [0.25, 0.3) is 11.1 Å². The minimum absolute atomic E-state index is 0.0464. The Kier molecular flexibility index (Phi) is 6.12. The zero-order valence-electron chi connectivity index (χ0n) is 13.9. The molecule has 0 atom stereocenters. The van der Waals surface area contributed by atoms with Gasteiger partial charge >= 0.3 is 0 Å². The maximum Gasteiger partial charge on any atom is 0.294 e. The first-order valence-corrected chi connectivity index (χ1v) is 9.41. The van der Waals surface area contributed by atoms with Gasteiger partial charge in [0.1, 0.15) is 12.4 Å². The van der Waals surface area contributed by atoms with Crippen LogP contribution >= 0.6 is 35.0 Å². The van der Waals surface area contributed by atoms with Gasteiger partial charge in [-0.05, 0) is 36.0 Å². The molecule has 0 unspecified atom stereocenters. The third kappa shape index (κ3) is 4.48. The van der Waals surface area contributed by atoms with Gasteiger partial charge in [0.2, 0.25) is 0 Å². The van der Waals surface area contributed by atoms with E-state index in [4.69, 9.17) is 34.4 Å². The summed E-state index contributed by atoms with van der Waals surface area (Å²) in [5.41, 5.74) is 1.46. The lowest BCUT2D eigenvalue weighted by Crippen LogP contribution is -2.28. The average Bonchev–Trinajstić information content (AvgIpc) is 2.90. The predicted octanol–water partition coefficient (Wildman–Crippen LogP) is 5.24. The van der Waals surface area contributed by atoms with Gasteiger partial charge in [-0.15, -0.1) is 6.42 Å². The number of benzene rings is 2. The van der Waals surface area contributed by atoms with Crippen molar-refractivity contribution in [2.75, 3.05) is 6.54 Å². The topological polar surface area (TPSA) is 46.6 Å². The molecule has 0 spiro atoms. The first kappa shape index (κ1) is 19.4. The van der Waals surface area contributed by atoms with Gasteiger partial charge < -0.3 is 4.74 Å². The summed E-state index contributed by atoms with van der Waals surface area (Å²) in [4.78, 5) is 25.6. The van der Waals surface area contributed by atoms with Crippen LogP contribution in [0.5, 0.6) is 5.75 Å². The number of amides is 2. The minimum atomic E-state index is -0.404. The van der Waals surface area contributed by atoms with E-state index in [9.17, 15) is 9.59 Å². The summed E-state index contributed by atoms with van der Waals surface area (Å²) in [6.07, 6.45) is 6.83. The van der Waals surface area contributed by atoms with Crippen molar-refractivity contribution in [2.45, 2.75) is 6.61 Å². The molecule has 0 aromatic heterocycles. The van der Waals surface area contributed by atoms with E-state index < -0.39 is 5.91 Å². The molecule has 0 N–H and O–H groups in total. The van der Waals surface area contributed by atoms with Crippen LogP contribution < -0.4 is 4.74 Å². The molecule has 1 heterocycles. The van der Waals surface area contributed by atoms with Crippen molar-refractivity contribution in [1.29, 1.82) is 0 Å². The molecule has 0 saturated carbocycles. The molecule has 2 aromatic rings. The molecule has 1 aliphatic heterocycles. The van der Waals surface area contributed by atoms with Gasteiger partial charge in [-0.25, -0.2) is 0 Å². The van der Waals surface area contributed by atoms with Crippen molar-refractivity contribution >= 4 is 52.2 Å². The van der Waals surface area contributed by atoms with Crippen LogP contribution in [0, 0.1) is 12.3 Å². The molecule has 1 saturated heterocycles. The number of thioether (sulfide) groups is 1. The van der Waals surface area contributed by atoms with Gasteiger partial charge in [-0.3, -0.25) is 14.5 Å². The number of para-hydroxylation sites is 1. The highest BCUT2D eigenvalue weighted by atomic mass is 35.5. The Morgan fingerprint density at radius 1 is 1.19 bits per heavy atom. The highest BCUT2D eigenvalue weighted by Crippen LogP contribution is 2.34. The molecule has 3 rings (SSSR count). The molecule has 1 aliphatic rings. The van der Waals surface area contributed by atoms with E-state index in [1.54, 1.807) is 36.4 Å². The summed E-state index contributed by atoms with van der Waals surface area (Å²) < 4.78 is 5.87. The van der Waals surface area contributed by atoms with E-state index in [0.29, 0.717) is 26.3 Å². The maximum absolute atomic E-state index is 12.3. The Labute approximate surface area is 171 Å². The largest absolute Gasteiger partial charge is 0.488 e. The van der Waals surface area contributed by atoms with Gasteiger partial charge in [-0.2, -0.15) is 0 Å². The smallest absolute Gasteiger partial charge is 0.294 e. The van der Waals surface area contributed by atoms with E-state index in [-0.39, 0.29) is 18.4 Å². The monoisotopic (exact) mass is 417 g/mol. The molecule has 136 valence electrons. The first-order chi connectivity index (χ1) is 13.0. The van der Waals surface area contributed by atoms with E-state index in [1.165, 1.54) is 0 Å². The second-order valence-electron chi connectivity index (χ2n) is 5.53. The quantitative estimate of drug-likeness (QED) is 0.492. The molecule has 4 nitrogen and oxygen atoms in total. The van der Waals surface area contributed by atoms with Crippen LogP contribution in [0.25, 0.3) is 6.08 Å². The van der Waals surface area contributed by atoms with Gasteiger partial charge in [0, 0.05) is 21.2 Å². The molecule has 27 heavy (non-hydrogen) atoms. The number of carbonyl (C=O) groups is 2. The van der Waals surface area contributed by atoms with Crippen molar-refractivity contribution in [1.82, 2.24) is 4.90 Å². The number of terminal acetylenes is 1. The Morgan fingerprint density at radius 2 is 1.96 bits per heavy atom. The lowest BCUT2D eigenvalue weighted by Gasteiger charge is -2.11. The average molecular weight is 418 g/mol. The zero-order valence-corrected chi connectivity index (χ0v) is 16.3. The first-order valence-electron chi connectivity index (χ1n) is 7.84. The Balaban J connectivity index is 1.81. The van der Waals surface area contributed by atoms with Crippen LogP contribution in [0.1, 0.15) is 11.1 Å². The lowest BCUT2D eigenvalue weighted by atomic mass is 10.1. The number of nitrogens with zero attached hydrogens (tertiary/aromatic N) is 1. The number of carbonyl (C=O) groups excluding carboxylic acids is 2. The normalized spacial score (nSPS) is 15.3. The fourth-order valence-corrected chi connectivity index (χ4v) is 3.69. The minimum Gasteiger partial charge on any atom is -0.488 e. The number of halogens is 2. The number of ether oxygens (including phenoxy) is 1. The Bertz CT molecular complexity index is 981. The molecular weight excluding hydrogens is 405 g/mol.